The van der Waals surface area contributed by atoms with Crippen molar-refractivity contribution >= 4 is 45.0 Å². The first kappa shape index (κ1) is 21.7. The largest absolute Gasteiger partial charge is 0.346 e. The molecule has 4 rings (SSSR count). The van der Waals surface area contributed by atoms with Crippen molar-refractivity contribution in [1.82, 2.24) is 10.3 Å². The lowest BCUT2D eigenvalue weighted by Gasteiger charge is -2.18. The van der Waals surface area contributed by atoms with Crippen LogP contribution in [0.25, 0.3) is 0 Å². The number of carbonyl (C=O) groups excluding carboxylic acids is 3. The summed E-state index contributed by atoms with van der Waals surface area (Å²) >= 11 is 3.46. The van der Waals surface area contributed by atoms with Crippen molar-refractivity contribution < 1.29 is 14.4 Å². The minimum Gasteiger partial charge on any atom is -0.346 e. The molecule has 2 aromatic carbocycles. The van der Waals surface area contributed by atoms with E-state index in [0.717, 1.165) is 15.9 Å². The predicted octanol–water partition coefficient (Wildman–Crippen LogP) is 3.77. The fraction of sp³-hybridized carbons (Fsp3) is 0.167. The molecule has 1 saturated heterocycles. The maximum Gasteiger partial charge on any atom is 0.251 e. The third-order valence-corrected chi connectivity index (χ3v) is 5.88. The lowest BCUT2D eigenvalue weighted by atomic mass is 10.1. The molecule has 162 valence electrons. The maximum atomic E-state index is 12.9. The van der Waals surface area contributed by atoms with Crippen LogP contribution in [0.4, 0.5) is 11.4 Å². The van der Waals surface area contributed by atoms with Crippen LogP contribution < -0.4 is 15.5 Å². The van der Waals surface area contributed by atoms with Crippen molar-refractivity contribution in [3.8, 4) is 0 Å². The van der Waals surface area contributed by atoms with Crippen molar-refractivity contribution in [3.63, 3.8) is 0 Å². The number of amides is 3. The number of hydrogen-bond donors (Lipinski definition) is 2. The van der Waals surface area contributed by atoms with E-state index in [4.69, 9.17) is 0 Å². The molecule has 1 fully saturated rings. The molecule has 1 unspecified atom stereocenters. The fourth-order valence-corrected chi connectivity index (χ4v) is 4.07. The lowest BCUT2D eigenvalue weighted by molar-refractivity contribution is -0.129. The second-order valence-corrected chi connectivity index (χ2v) is 8.21. The van der Waals surface area contributed by atoms with Crippen molar-refractivity contribution in [3.05, 3.63) is 88.7 Å². The van der Waals surface area contributed by atoms with Gasteiger partial charge in [0.2, 0.25) is 11.8 Å². The lowest BCUT2D eigenvalue weighted by Crippen LogP contribution is -2.33. The van der Waals surface area contributed by atoms with Gasteiger partial charge in [-0.15, -0.1) is 0 Å². The normalized spacial score (nSPS) is 15.5. The standard InChI is InChI=1S/C24H21BrN4O3/c25-20-9-1-2-10-21(20)29-13-11-19(24(29)32)23(31)28-17-8-5-6-16(14-17)22(30)27-15-18-7-3-4-12-26-18/h1-10,12,14,19H,11,13,15H2,(H,27,30)(H,28,31). The molecule has 3 amide bonds. The minimum absolute atomic E-state index is 0.237. The zero-order valence-corrected chi connectivity index (χ0v) is 18.7. The monoisotopic (exact) mass is 492 g/mol. The fourth-order valence-electron chi connectivity index (χ4n) is 3.58. The van der Waals surface area contributed by atoms with E-state index in [1.807, 2.05) is 42.5 Å². The van der Waals surface area contributed by atoms with Gasteiger partial charge in [-0.25, -0.2) is 0 Å². The maximum absolute atomic E-state index is 12.9. The Bertz CT molecular complexity index is 1150. The SMILES string of the molecule is O=C(NCc1ccccn1)c1cccc(NC(=O)C2CCN(c3ccccc3Br)C2=O)c1. The number of para-hydroxylation sites is 1. The van der Waals surface area contributed by atoms with Crippen molar-refractivity contribution in [2.24, 2.45) is 5.92 Å². The second-order valence-electron chi connectivity index (χ2n) is 7.36. The summed E-state index contributed by atoms with van der Waals surface area (Å²) in [4.78, 5) is 43.9. The number of aromatic nitrogens is 1. The van der Waals surface area contributed by atoms with Gasteiger partial charge in [-0.05, 0) is 64.8 Å². The van der Waals surface area contributed by atoms with Gasteiger partial charge in [0.05, 0.1) is 17.9 Å². The van der Waals surface area contributed by atoms with Crippen LogP contribution in [0.2, 0.25) is 0 Å². The highest BCUT2D eigenvalue weighted by Gasteiger charge is 2.38. The van der Waals surface area contributed by atoms with Crippen molar-refractivity contribution in [1.29, 1.82) is 0 Å². The molecule has 2 N–H and O–H groups in total. The summed E-state index contributed by atoms with van der Waals surface area (Å²) in [6, 6.07) is 19.6. The Morgan fingerprint density at radius 1 is 1.06 bits per heavy atom. The number of carbonyl (C=O) groups is 3. The zero-order chi connectivity index (χ0) is 22.5. The Kier molecular flexibility index (Phi) is 6.61. The van der Waals surface area contributed by atoms with E-state index in [-0.39, 0.29) is 17.7 Å². The van der Waals surface area contributed by atoms with Gasteiger partial charge in [-0.2, -0.15) is 0 Å². The molecule has 0 aliphatic carbocycles. The van der Waals surface area contributed by atoms with E-state index in [1.165, 1.54) is 0 Å². The van der Waals surface area contributed by atoms with E-state index in [9.17, 15) is 14.4 Å². The quantitative estimate of drug-likeness (QED) is 0.512. The molecule has 1 aromatic heterocycles. The summed E-state index contributed by atoms with van der Waals surface area (Å²) in [6.07, 6.45) is 2.09. The Morgan fingerprint density at radius 2 is 1.88 bits per heavy atom. The molecule has 3 aromatic rings. The van der Waals surface area contributed by atoms with Gasteiger partial charge in [-0.1, -0.05) is 24.3 Å². The highest BCUT2D eigenvalue weighted by molar-refractivity contribution is 9.10. The first-order chi connectivity index (χ1) is 15.5. The molecular weight excluding hydrogens is 472 g/mol. The summed E-state index contributed by atoms with van der Waals surface area (Å²) in [5.74, 6) is -1.67. The van der Waals surface area contributed by atoms with Crippen LogP contribution in [0.1, 0.15) is 22.5 Å². The zero-order valence-electron chi connectivity index (χ0n) is 17.1. The van der Waals surface area contributed by atoms with Gasteiger partial charge < -0.3 is 15.5 Å². The highest BCUT2D eigenvalue weighted by Crippen LogP contribution is 2.31. The molecule has 8 heteroatoms. The van der Waals surface area contributed by atoms with E-state index in [0.29, 0.717) is 30.8 Å². The first-order valence-electron chi connectivity index (χ1n) is 10.2. The highest BCUT2D eigenvalue weighted by atomic mass is 79.9. The number of halogens is 1. The number of rotatable bonds is 6. The molecule has 1 aliphatic rings. The van der Waals surface area contributed by atoms with Gasteiger partial charge >= 0.3 is 0 Å². The number of anilines is 2. The van der Waals surface area contributed by atoms with E-state index < -0.39 is 5.92 Å². The smallest absolute Gasteiger partial charge is 0.251 e. The van der Waals surface area contributed by atoms with E-state index in [2.05, 4.69) is 31.5 Å². The van der Waals surface area contributed by atoms with Crippen molar-refractivity contribution in [2.45, 2.75) is 13.0 Å². The third kappa shape index (κ3) is 4.86. The van der Waals surface area contributed by atoms with Gasteiger partial charge in [-0.3, -0.25) is 19.4 Å². The molecular formula is C24H21BrN4O3. The van der Waals surface area contributed by atoms with Crippen LogP contribution in [0.3, 0.4) is 0 Å². The Morgan fingerprint density at radius 3 is 2.66 bits per heavy atom. The van der Waals surface area contributed by atoms with Gasteiger partial charge in [0.1, 0.15) is 5.92 Å². The van der Waals surface area contributed by atoms with Crippen LogP contribution in [0.5, 0.6) is 0 Å². The molecule has 7 nitrogen and oxygen atoms in total. The summed E-state index contributed by atoms with van der Waals surface area (Å²) in [5.41, 5.74) is 2.37. The van der Waals surface area contributed by atoms with E-state index >= 15 is 0 Å². The summed E-state index contributed by atoms with van der Waals surface area (Å²) in [6.45, 7) is 0.771. The molecule has 1 aliphatic heterocycles. The average molecular weight is 493 g/mol. The van der Waals surface area contributed by atoms with Crippen molar-refractivity contribution in [2.75, 3.05) is 16.8 Å². The van der Waals surface area contributed by atoms with Crippen LogP contribution >= 0.6 is 15.9 Å². The van der Waals surface area contributed by atoms with Crippen LogP contribution in [-0.2, 0) is 16.1 Å². The first-order valence-corrected chi connectivity index (χ1v) is 11.0. The van der Waals surface area contributed by atoms with Crippen LogP contribution in [0.15, 0.2) is 77.4 Å². The van der Waals surface area contributed by atoms with Crippen LogP contribution in [0, 0.1) is 5.92 Å². The number of hydrogen-bond acceptors (Lipinski definition) is 4. The molecule has 0 saturated carbocycles. The molecule has 32 heavy (non-hydrogen) atoms. The Balaban J connectivity index is 1.39. The number of benzene rings is 2. The van der Waals surface area contributed by atoms with Gasteiger partial charge in [0.15, 0.2) is 0 Å². The molecule has 0 spiro atoms. The predicted molar refractivity (Wildman–Crippen MR) is 125 cm³/mol. The second kappa shape index (κ2) is 9.74. The minimum atomic E-state index is -0.774. The van der Waals surface area contributed by atoms with Gasteiger partial charge in [0.25, 0.3) is 5.91 Å². The molecule has 0 radical (unpaired) electrons. The summed E-state index contributed by atoms with van der Waals surface area (Å²) in [7, 11) is 0. The molecule has 0 bridgehead atoms. The molecule has 1 atom stereocenters. The molecule has 2 heterocycles. The van der Waals surface area contributed by atoms with E-state index in [1.54, 1.807) is 35.4 Å². The third-order valence-electron chi connectivity index (χ3n) is 5.21. The number of nitrogens with zero attached hydrogens (tertiary/aromatic N) is 2. The number of nitrogens with one attached hydrogen (secondary N) is 2. The summed E-state index contributed by atoms with van der Waals surface area (Å²) < 4.78 is 0.804. The topological polar surface area (TPSA) is 91.4 Å². The average Bonchev–Trinajstić information content (AvgIpc) is 3.20. The number of pyridine rings is 1. The summed E-state index contributed by atoms with van der Waals surface area (Å²) in [5, 5.41) is 5.59. The Hall–Kier alpha value is -3.52. The Labute approximate surface area is 194 Å². The van der Waals surface area contributed by atoms with Gasteiger partial charge in [0, 0.05) is 28.5 Å². The van der Waals surface area contributed by atoms with Crippen LogP contribution in [-0.4, -0.2) is 29.3 Å².